The van der Waals surface area contributed by atoms with Crippen molar-refractivity contribution in [1.82, 2.24) is 15.1 Å². The lowest BCUT2D eigenvalue weighted by atomic mass is 10.0. The van der Waals surface area contributed by atoms with Crippen LogP contribution in [0.15, 0.2) is 6.20 Å². The zero-order valence-electron chi connectivity index (χ0n) is 9.19. The predicted octanol–water partition coefficient (Wildman–Crippen LogP) is 1.27. The maximum Gasteiger partial charge on any atom is 0.309 e. The molecule has 6 nitrogen and oxygen atoms in total. The number of nitro groups is 1. The van der Waals surface area contributed by atoms with Gasteiger partial charge in [-0.1, -0.05) is 0 Å². The summed E-state index contributed by atoms with van der Waals surface area (Å²) >= 11 is 0. The van der Waals surface area contributed by atoms with Gasteiger partial charge in [-0.2, -0.15) is 5.10 Å². The molecular formula is C9H12F2N4O2. The van der Waals surface area contributed by atoms with Gasteiger partial charge in [0.25, 0.3) is 5.92 Å². The maximum atomic E-state index is 13.7. The van der Waals surface area contributed by atoms with E-state index >= 15 is 0 Å². The zero-order valence-corrected chi connectivity index (χ0v) is 9.19. The third kappa shape index (κ3) is 1.99. The van der Waals surface area contributed by atoms with Gasteiger partial charge in [-0.3, -0.25) is 14.8 Å². The summed E-state index contributed by atoms with van der Waals surface area (Å²) in [5.41, 5.74) is -0.0743. The van der Waals surface area contributed by atoms with Crippen molar-refractivity contribution in [3.63, 3.8) is 0 Å². The molecule has 1 unspecified atom stereocenters. The fourth-order valence-electron chi connectivity index (χ4n) is 1.98. The Morgan fingerprint density at radius 3 is 2.94 bits per heavy atom. The lowest BCUT2D eigenvalue weighted by Crippen LogP contribution is -2.46. The van der Waals surface area contributed by atoms with Gasteiger partial charge in [-0.25, -0.2) is 8.78 Å². The molecule has 1 atom stereocenters. The van der Waals surface area contributed by atoms with Gasteiger partial charge in [0.1, 0.15) is 17.9 Å². The first-order valence-corrected chi connectivity index (χ1v) is 5.20. The molecular weight excluding hydrogens is 234 g/mol. The second-order valence-corrected chi connectivity index (χ2v) is 4.05. The van der Waals surface area contributed by atoms with Crippen LogP contribution in [-0.4, -0.2) is 33.7 Å². The number of hydrogen-bond donors (Lipinski definition) is 1. The van der Waals surface area contributed by atoms with E-state index in [0.717, 1.165) is 10.9 Å². The van der Waals surface area contributed by atoms with Crippen molar-refractivity contribution in [3.8, 4) is 0 Å². The minimum Gasteiger partial charge on any atom is -0.314 e. The van der Waals surface area contributed by atoms with Crippen LogP contribution >= 0.6 is 0 Å². The molecule has 0 amide bonds. The molecule has 1 aromatic heterocycles. The average molecular weight is 246 g/mol. The van der Waals surface area contributed by atoms with Gasteiger partial charge in [0.2, 0.25) is 0 Å². The lowest BCUT2D eigenvalue weighted by Gasteiger charge is -2.32. The quantitative estimate of drug-likeness (QED) is 0.630. The molecule has 1 aliphatic heterocycles. The molecule has 1 fully saturated rings. The van der Waals surface area contributed by atoms with Crippen LogP contribution in [0.25, 0.3) is 0 Å². The first-order valence-electron chi connectivity index (χ1n) is 5.20. The summed E-state index contributed by atoms with van der Waals surface area (Å²) in [5.74, 6) is -2.89. The van der Waals surface area contributed by atoms with Gasteiger partial charge in [-0.05, 0) is 6.92 Å². The Bertz CT molecular complexity index is 446. The Balaban J connectivity index is 2.36. The molecule has 2 rings (SSSR count). The SMILES string of the molecule is Cc1c([N+](=O)[O-])cnn1C1CNCCC1(F)F. The van der Waals surface area contributed by atoms with Gasteiger partial charge < -0.3 is 5.32 Å². The number of piperidine rings is 1. The Morgan fingerprint density at radius 2 is 2.41 bits per heavy atom. The monoisotopic (exact) mass is 246 g/mol. The van der Waals surface area contributed by atoms with Crippen molar-refractivity contribution in [2.24, 2.45) is 0 Å². The second-order valence-electron chi connectivity index (χ2n) is 4.05. The first-order chi connectivity index (χ1) is 7.93. The summed E-state index contributed by atoms with van der Waals surface area (Å²) in [4.78, 5) is 10.0. The Morgan fingerprint density at radius 1 is 1.71 bits per heavy atom. The summed E-state index contributed by atoms with van der Waals surface area (Å²) in [6.45, 7) is 1.73. The number of halogens is 2. The summed E-state index contributed by atoms with van der Waals surface area (Å²) in [5, 5.41) is 17.2. The van der Waals surface area contributed by atoms with E-state index in [9.17, 15) is 18.9 Å². The number of rotatable bonds is 2. The largest absolute Gasteiger partial charge is 0.314 e. The van der Waals surface area contributed by atoms with Crippen LogP contribution < -0.4 is 5.32 Å². The molecule has 17 heavy (non-hydrogen) atoms. The summed E-state index contributed by atoms with van der Waals surface area (Å²) in [7, 11) is 0. The van der Waals surface area contributed by atoms with E-state index in [4.69, 9.17) is 0 Å². The summed E-state index contributed by atoms with van der Waals surface area (Å²) in [6, 6.07) is -1.16. The van der Waals surface area contributed by atoms with Crippen molar-refractivity contribution in [1.29, 1.82) is 0 Å². The van der Waals surface area contributed by atoms with Crippen LogP contribution in [0, 0.1) is 17.0 Å². The van der Waals surface area contributed by atoms with E-state index < -0.39 is 16.9 Å². The highest BCUT2D eigenvalue weighted by Gasteiger charge is 2.44. The van der Waals surface area contributed by atoms with Crippen molar-refractivity contribution in [3.05, 3.63) is 22.0 Å². The molecule has 1 N–H and O–H groups in total. The Labute approximate surface area is 95.8 Å². The normalized spacial score (nSPS) is 23.6. The minimum absolute atomic E-state index is 0.0622. The van der Waals surface area contributed by atoms with Crippen LogP contribution in [0.3, 0.4) is 0 Å². The molecule has 94 valence electrons. The maximum absolute atomic E-state index is 13.7. The molecule has 1 aliphatic rings. The van der Waals surface area contributed by atoms with Gasteiger partial charge in [-0.15, -0.1) is 0 Å². The highest BCUT2D eigenvalue weighted by molar-refractivity contribution is 5.32. The number of aromatic nitrogens is 2. The standard InChI is InChI=1S/C9H12F2N4O2/c1-6-7(15(16)17)4-13-14(6)8-5-12-3-2-9(8,10)11/h4,8,12H,2-3,5H2,1H3. The average Bonchev–Trinajstić information content (AvgIpc) is 2.59. The van der Waals surface area contributed by atoms with Crippen molar-refractivity contribution in [2.45, 2.75) is 25.3 Å². The molecule has 0 saturated carbocycles. The molecule has 0 aliphatic carbocycles. The van der Waals surface area contributed by atoms with Gasteiger partial charge >= 0.3 is 5.69 Å². The third-order valence-corrected chi connectivity index (χ3v) is 2.97. The van der Waals surface area contributed by atoms with E-state index in [1.54, 1.807) is 0 Å². The lowest BCUT2D eigenvalue weighted by molar-refractivity contribution is -0.385. The van der Waals surface area contributed by atoms with Crippen molar-refractivity contribution in [2.75, 3.05) is 13.1 Å². The summed E-state index contributed by atoms with van der Waals surface area (Å²) in [6.07, 6.45) is 0.727. The first kappa shape index (κ1) is 11.9. The highest BCUT2D eigenvalue weighted by Crippen LogP contribution is 2.35. The molecule has 8 heteroatoms. The van der Waals surface area contributed by atoms with Crippen LogP contribution in [0.5, 0.6) is 0 Å². The minimum atomic E-state index is -2.89. The third-order valence-electron chi connectivity index (χ3n) is 2.97. The second kappa shape index (κ2) is 4.02. The molecule has 0 bridgehead atoms. The van der Waals surface area contributed by atoms with Crippen LogP contribution in [-0.2, 0) is 0 Å². The number of hydrogen-bond acceptors (Lipinski definition) is 4. The van der Waals surface area contributed by atoms with Gasteiger partial charge in [0.05, 0.1) is 4.92 Å². The number of nitrogens with zero attached hydrogens (tertiary/aromatic N) is 3. The van der Waals surface area contributed by atoms with E-state index in [2.05, 4.69) is 10.4 Å². The number of alkyl halides is 2. The van der Waals surface area contributed by atoms with E-state index in [1.807, 2.05) is 0 Å². The van der Waals surface area contributed by atoms with E-state index in [-0.39, 0.29) is 30.9 Å². The fraction of sp³-hybridized carbons (Fsp3) is 0.667. The smallest absolute Gasteiger partial charge is 0.309 e. The molecule has 0 radical (unpaired) electrons. The van der Waals surface area contributed by atoms with Crippen molar-refractivity contribution < 1.29 is 13.7 Å². The molecule has 1 aromatic rings. The highest BCUT2D eigenvalue weighted by atomic mass is 19.3. The molecule has 2 heterocycles. The summed E-state index contributed by atoms with van der Waals surface area (Å²) < 4.78 is 28.4. The van der Waals surface area contributed by atoms with Gasteiger partial charge in [0.15, 0.2) is 0 Å². The van der Waals surface area contributed by atoms with Gasteiger partial charge in [0, 0.05) is 19.5 Å². The molecule has 1 saturated heterocycles. The Hall–Kier alpha value is -1.57. The zero-order chi connectivity index (χ0) is 12.6. The van der Waals surface area contributed by atoms with Crippen molar-refractivity contribution >= 4 is 5.69 Å². The van der Waals surface area contributed by atoms with Crippen LogP contribution in [0.2, 0.25) is 0 Å². The molecule has 0 spiro atoms. The van der Waals surface area contributed by atoms with E-state index in [1.165, 1.54) is 6.92 Å². The Kier molecular flexibility index (Phi) is 2.82. The van der Waals surface area contributed by atoms with Crippen LogP contribution in [0.1, 0.15) is 18.2 Å². The number of nitrogens with one attached hydrogen (secondary N) is 1. The van der Waals surface area contributed by atoms with Crippen LogP contribution in [0.4, 0.5) is 14.5 Å². The van der Waals surface area contributed by atoms with E-state index in [0.29, 0.717) is 0 Å². The molecule has 0 aromatic carbocycles. The topological polar surface area (TPSA) is 73.0 Å². The fourth-order valence-corrected chi connectivity index (χ4v) is 1.98. The predicted molar refractivity (Wildman–Crippen MR) is 55.1 cm³/mol.